The smallest absolute Gasteiger partial charge is 0.161 e. The van der Waals surface area contributed by atoms with Gasteiger partial charge in [-0.2, -0.15) is 5.26 Å². The topological polar surface area (TPSA) is 53.2 Å². The number of nitriles is 1. The molecule has 140 valence electrons. The molecule has 2 atom stereocenters. The van der Waals surface area contributed by atoms with Gasteiger partial charge < -0.3 is 0 Å². The van der Waals surface area contributed by atoms with Crippen LogP contribution in [0, 0.1) is 22.2 Å². The van der Waals surface area contributed by atoms with Crippen LogP contribution in [0.3, 0.4) is 0 Å². The summed E-state index contributed by atoms with van der Waals surface area (Å²) in [5, 5.41) is 11.1. The van der Waals surface area contributed by atoms with Gasteiger partial charge in [-0.15, -0.1) is 18.3 Å². The monoisotopic (exact) mass is 442 g/mol. The summed E-state index contributed by atoms with van der Waals surface area (Å²) >= 11 is 4.98. The maximum Gasteiger partial charge on any atom is 0.161 e. The van der Waals surface area contributed by atoms with Crippen LogP contribution in [0.15, 0.2) is 57.7 Å². The second kappa shape index (κ2) is 7.41. The second-order valence-corrected chi connectivity index (χ2v) is 9.69. The normalized spacial score (nSPS) is 26.9. The molecule has 0 radical (unpaired) electrons. The fourth-order valence-corrected chi connectivity index (χ4v) is 5.32. The highest BCUT2D eigenvalue weighted by Gasteiger charge is 2.52. The Bertz CT molecular complexity index is 892. The van der Waals surface area contributed by atoms with Gasteiger partial charge in [0, 0.05) is 28.1 Å². The van der Waals surface area contributed by atoms with Gasteiger partial charge in [-0.1, -0.05) is 48.0 Å². The van der Waals surface area contributed by atoms with E-state index in [0.29, 0.717) is 12.8 Å². The highest BCUT2D eigenvalue weighted by molar-refractivity contribution is 9.10. The van der Waals surface area contributed by atoms with Crippen molar-refractivity contribution >= 4 is 38.5 Å². The number of nitrogens with zero attached hydrogens (tertiary/aromatic N) is 2. The Labute approximate surface area is 173 Å². The summed E-state index contributed by atoms with van der Waals surface area (Å²) < 4.78 is 0.970. The van der Waals surface area contributed by atoms with Crippen molar-refractivity contribution in [2.45, 2.75) is 39.0 Å². The van der Waals surface area contributed by atoms with Crippen LogP contribution in [-0.2, 0) is 4.79 Å². The Morgan fingerprint density at radius 3 is 2.59 bits per heavy atom. The molecule has 0 spiro atoms. The SMILES string of the molecule is C=CC[C@@]1(C#N)C(SC)=NC2=C(C(=O)CC(C)(C)C2)[C@@H]1c1ccc(Br)cc1. The van der Waals surface area contributed by atoms with Gasteiger partial charge >= 0.3 is 0 Å². The minimum Gasteiger partial charge on any atom is -0.294 e. The van der Waals surface area contributed by atoms with E-state index in [1.54, 1.807) is 6.08 Å². The van der Waals surface area contributed by atoms with E-state index < -0.39 is 5.41 Å². The van der Waals surface area contributed by atoms with Crippen LogP contribution in [0.4, 0.5) is 0 Å². The van der Waals surface area contributed by atoms with Gasteiger partial charge in [-0.3, -0.25) is 4.79 Å². The van der Waals surface area contributed by atoms with E-state index in [-0.39, 0.29) is 17.1 Å². The van der Waals surface area contributed by atoms with Gasteiger partial charge in [0.1, 0.15) is 5.41 Å². The molecule has 0 aromatic heterocycles. The lowest BCUT2D eigenvalue weighted by Gasteiger charge is -2.43. The van der Waals surface area contributed by atoms with E-state index in [1.807, 2.05) is 30.5 Å². The first kappa shape index (κ1) is 20.1. The molecule has 3 nitrogen and oxygen atoms in total. The number of Topliss-reactive ketones (excluding diaryl/α,β-unsaturated/α-hetero) is 1. The molecule has 1 aliphatic heterocycles. The summed E-state index contributed by atoms with van der Waals surface area (Å²) in [6, 6.07) is 10.5. The lowest BCUT2D eigenvalue weighted by atomic mass is 9.61. The lowest BCUT2D eigenvalue weighted by Crippen LogP contribution is -2.42. The number of carbonyl (C=O) groups is 1. The molecule has 0 saturated carbocycles. The third kappa shape index (κ3) is 3.46. The van der Waals surface area contributed by atoms with Gasteiger partial charge in [0.15, 0.2) is 5.78 Å². The maximum atomic E-state index is 13.2. The largest absolute Gasteiger partial charge is 0.294 e. The van der Waals surface area contributed by atoms with Crippen LogP contribution in [0.1, 0.15) is 44.6 Å². The van der Waals surface area contributed by atoms with Crippen LogP contribution >= 0.6 is 27.7 Å². The van der Waals surface area contributed by atoms with E-state index in [1.165, 1.54) is 11.8 Å². The van der Waals surface area contributed by atoms with Crippen LogP contribution in [0.5, 0.6) is 0 Å². The molecular formula is C22H23BrN2OS. The summed E-state index contributed by atoms with van der Waals surface area (Å²) in [4.78, 5) is 18.1. The zero-order chi connectivity index (χ0) is 19.8. The number of hydrogen-bond acceptors (Lipinski definition) is 4. The maximum absolute atomic E-state index is 13.2. The molecule has 1 aliphatic carbocycles. The van der Waals surface area contributed by atoms with Crippen molar-refractivity contribution < 1.29 is 4.79 Å². The fourth-order valence-electron chi connectivity index (χ4n) is 4.25. The number of benzene rings is 1. The number of thioether (sulfide) groups is 1. The molecule has 0 fully saturated rings. The summed E-state index contributed by atoms with van der Waals surface area (Å²) in [5.41, 5.74) is 1.54. The first-order valence-electron chi connectivity index (χ1n) is 8.95. The van der Waals surface area contributed by atoms with Crippen LogP contribution < -0.4 is 0 Å². The van der Waals surface area contributed by atoms with E-state index in [0.717, 1.165) is 32.8 Å². The average Bonchev–Trinajstić information content (AvgIpc) is 2.61. The molecule has 2 aliphatic rings. The van der Waals surface area contributed by atoms with Crippen LogP contribution in [0.25, 0.3) is 0 Å². The molecule has 1 aromatic carbocycles. The molecule has 27 heavy (non-hydrogen) atoms. The Balaban J connectivity index is 2.31. The number of aliphatic imine (C=N–C) groups is 1. The Hall–Kier alpha value is -1.64. The molecule has 5 heteroatoms. The molecule has 0 bridgehead atoms. The van der Waals surface area contributed by atoms with Crippen molar-refractivity contribution in [2.75, 3.05) is 6.26 Å². The molecular weight excluding hydrogens is 420 g/mol. The second-order valence-electron chi connectivity index (χ2n) is 7.98. The van der Waals surface area contributed by atoms with E-state index in [2.05, 4.69) is 42.4 Å². The van der Waals surface area contributed by atoms with Gasteiger partial charge in [-0.25, -0.2) is 4.99 Å². The standard InChI is InChI=1S/C22H23BrN2OS/c1-5-10-22(13-24)19(14-6-8-15(23)9-7-14)18-16(25-20(22)27-4)11-21(2,3)12-17(18)26/h5-9,19H,1,10-12H2,2-4H3/t19-,22-/m0/s1. The number of rotatable bonds is 3. The number of halogens is 1. The number of carbonyl (C=O) groups excluding carboxylic acids is 1. The van der Waals surface area contributed by atoms with Crippen LogP contribution in [0.2, 0.25) is 0 Å². The van der Waals surface area contributed by atoms with Crippen molar-refractivity contribution in [3.63, 3.8) is 0 Å². The van der Waals surface area contributed by atoms with Gasteiger partial charge in [0.25, 0.3) is 0 Å². The fraction of sp³-hybridized carbons (Fsp3) is 0.409. The van der Waals surface area contributed by atoms with Crippen molar-refractivity contribution in [3.8, 4) is 6.07 Å². The molecule has 0 unspecified atom stereocenters. The Morgan fingerprint density at radius 1 is 1.37 bits per heavy atom. The minimum absolute atomic E-state index is 0.113. The predicted octanol–water partition coefficient (Wildman–Crippen LogP) is 6.04. The zero-order valence-corrected chi connectivity index (χ0v) is 18.3. The van der Waals surface area contributed by atoms with E-state index >= 15 is 0 Å². The number of hydrogen-bond donors (Lipinski definition) is 0. The first-order chi connectivity index (χ1) is 12.8. The van der Waals surface area contributed by atoms with Crippen molar-refractivity contribution in [3.05, 3.63) is 58.2 Å². The van der Waals surface area contributed by atoms with E-state index in [4.69, 9.17) is 4.99 Å². The molecule has 0 N–H and O–H groups in total. The van der Waals surface area contributed by atoms with Crippen molar-refractivity contribution in [1.29, 1.82) is 5.26 Å². The average molecular weight is 443 g/mol. The van der Waals surface area contributed by atoms with Gasteiger partial charge in [0.2, 0.25) is 0 Å². The molecule has 1 heterocycles. The summed E-state index contributed by atoms with van der Waals surface area (Å²) in [6.45, 7) is 8.09. The summed E-state index contributed by atoms with van der Waals surface area (Å²) in [6.07, 6.45) is 5.41. The third-order valence-corrected chi connectivity index (χ3v) is 6.73. The third-order valence-electron chi connectivity index (χ3n) is 5.36. The first-order valence-corrected chi connectivity index (χ1v) is 11.0. The lowest BCUT2D eigenvalue weighted by molar-refractivity contribution is -0.118. The van der Waals surface area contributed by atoms with Crippen molar-refractivity contribution in [2.24, 2.45) is 15.8 Å². The zero-order valence-electron chi connectivity index (χ0n) is 15.9. The summed E-state index contributed by atoms with van der Waals surface area (Å²) in [7, 11) is 0. The number of ketones is 1. The molecule has 0 amide bonds. The van der Waals surface area contributed by atoms with Gasteiger partial charge in [-0.05, 0) is 42.2 Å². The predicted molar refractivity (Wildman–Crippen MR) is 116 cm³/mol. The highest BCUT2D eigenvalue weighted by atomic mass is 79.9. The van der Waals surface area contributed by atoms with E-state index in [9.17, 15) is 10.1 Å². The van der Waals surface area contributed by atoms with Gasteiger partial charge in [0.05, 0.1) is 11.1 Å². The Morgan fingerprint density at radius 2 is 2.04 bits per heavy atom. The number of allylic oxidation sites excluding steroid dienone is 3. The Kier molecular flexibility index (Phi) is 5.52. The highest BCUT2D eigenvalue weighted by Crippen LogP contribution is 2.55. The minimum atomic E-state index is -0.898. The summed E-state index contributed by atoms with van der Waals surface area (Å²) in [5.74, 6) is -0.214. The van der Waals surface area contributed by atoms with Crippen molar-refractivity contribution in [1.82, 2.24) is 0 Å². The molecule has 0 saturated heterocycles. The molecule has 1 aromatic rings. The molecule has 3 rings (SSSR count). The van der Waals surface area contributed by atoms with Crippen LogP contribution in [-0.4, -0.2) is 17.1 Å². The quantitative estimate of drug-likeness (QED) is 0.536.